The highest BCUT2D eigenvalue weighted by Crippen LogP contribution is 2.40. The van der Waals surface area contributed by atoms with E-state index in [0.717, 1.165) is 10.6 Å². The molecular weight excluding hydrogens is 265 g/mol. The molecule has 0 saturated carbocycles. The van der Waals surface area contributed by atoms with Crippen LogP contribution in [0.3, 0.4) is 0 Å². The normalized spacial score (nSPS) is 20.8. The van der Waals surface area contributed by atoms with Crippen molar-refractivity contribution in [1.29, 1.82) is 0 Å². The average Bonchev–Trinajstić information content (AvgIpc) is 2.68. The third-order valence-electron chi connectivity index (χ3n) is 2.23. The average molecular weight is 280 g/mol. The summed E-state index contributed by atoms with van der Waals surface area (Å²) in [4.78, 5) is 9.79. The maximum atomic E-state index is 12.7. The molecule has 1 heterocycles. The monoisotopic (exact) mass is 280 g/mol. The molecule has 0 spiro atoms. The van der Waals surface area contributed by atoms with Crippen LogP contribution in [0.4, 0.5) is 13.2 Å². The van der Waals surface area contributed by atoms with Gasteiger partial charge in [-0.3, -0.25) is 4.99 Å². The Morgan fingerprint density at radius 3 is 2.83 bits per heavy atom. The van der Waals surface area contributed by atoms with Crippen LogP contribution < -0.4 is 0 Å². The summed E-state index contributed by atoms with van der Waals surface area (Å²) in [5.74, 6) is -1.05. The lowest BCUT2D eigenvalue weighted by atomic mass is 10.4. The van der Waals surface area contributed by atoms with Gasteiger partial charge in [0.15, 0.2) is 5.83 Å². The first kappa shape index (κ1) is 14.8. The van der Waals surface area contributed by atoms with Gasteiger partial charge < -0.3 is 4.84 Å². The Labute approximate surface area is 106 Å². The molecule has 1 atom stereocenters. The van der Waals surface area contributed by atoms with Crippen LogP contribution in [-0.4, -0.2) is 24.1 Å². The third kappa shape index (κ3) is 4.21. The van der Waals surface area contributed by atoms with E-state index in [9.17, 15) is 13.2 Å². The number of aliphatic imine (C=N–C) groups is 1. The molecule has 0 fully saturated rings. The van der Waals surface area contributed by atoms with E-state index in [-0.39, 0.29) is 6.42 Å². The molecule has 0 radical (unpaired) electrons. The van der Waals surface area contributed by atoms with Gasteiger partial charge in [-0.05, 0) is 19.6 Å². The number of rotatable bonds is 6. The Morgan fingerprint density at radius 2 is 2.22 bits per heavy atom. The van der Waals surface area contributed by atoms with Gasteiger partial charge in [0, 0.05) is 16.9 Å². The van der Waals surface area contributed by atoms with Crippen LogP contribution in [0, 0.1) is 0 Å². The first-order valence-corrected chi connectivity index (χ1v) is 7.02. The highest BCUT2D eigenvalue weighted by Gasteiger charge is 2.17. The lowest BCUT2D eigenvalue weighted by molar-refractivity contribution is 0.160. The van der Waals surface area contributed by atoms with Crippen LogP contribution in [0.2, 0.25) is 0 Å². The lowest BCUT2D eigenvalue weighted by Gasteiger charge is -2.12. The van der Waals surface area contributed by atoms with Crippen LogP contribution >= 0.6 is 10.9 Å². The molecule has 7 heteroatoms. The Hall–Kier alpha value is -1.24. The summed E-state index contributed by atoms with van der Waals surface area (Å²) in [5.41, 5.74) is 2.45. The minimum Gasteiger partial charge on any atom is -0.396 e. The Morgan fingerprint density at radius 1 is 1.50 bits per heavy atom. The van der Waals surface area contributed by atoms with Gasteiger partial charge in [-0.15, -0.1) is 0 Å². The first-order chi connectivity index (χ1) is 8.56. The Kier molecular flexibility index (Phi) is 5.97. The molecule has 0 N–H and O–H groups in total. The van der Waals surface area contributed by atoms with Gasteiger partial charge in [0.05, 0.1) is 11.9 Å². The Balaban J connectivity index is 2.61. The smallest absolute Gasteiger partial charge is 0.301 e. The van der Waals surface area contributed by atoms with Crippen LogP contribution in [0.15, 0.2) is 32.7 Å². The standard InChI is InChI=1S/C11H15F3N2OS/c1-3-17-16-6-10-8(2)15-7-18(10)5-4-9(12)11(13)14/h6-7,18H,3-5H2,1-2H3/b16-6+. The molecule has 1 aliphatic rings. The van der Waals surface area contributed by atoms with Crippen molar-refractivity contribution in [1.82, 2.24) is 0 Å². The summed E-state index contributed by atoms with van der Waals surface area (Å²) in [6, 6.07) is 0. The first-order valence-electron chi connectivity index (χ1n) is 5.43. The molecule has 0 saturated heterocycles. The van der Waals surface area contributed by atoms with Crippen molar-refractivity contribution in [3.05, 3.63) is 22.5 Å². The van der Waals surface area contributed by atoms with E-state index in [4.69, 9.17) is 4.84 Å². The molecule has 3 nitrogen and oxygen atoms in total. The molecule has 0 bridgehead atoms. The number of oxime groups is 1. The van der Waals surface area contributed by atoms with E-state index >= 15 is 0 Å². The van der Waals surface area contributed by atoms with Gasteiger partial charge >= 0.3 is 6.08 Å². The number of allylic oxidation sites excluding steroid dienone is 3. The van der Waals surface area contributed by atoms with E-state index in [1.165, 1.54) is 6.21 Å². The maximum absolute atomic E-state index is 12.7. The van der Waals surface area contributed by atoms with Crippen molar-refractivity contribution < 1.29 is 18.0 Å². The van der Waals surface area contributed by atoms with Crippen molar-refractivity contribution in [2.24, 2.45) is 10.1 Å². The quantitative estimate of drug-likeness (QED) is 0.449. The fourth-order valence-electron chi connectivity index (χ4n) is 1.31. The van der Waals surface area contributed by atoms with E-state index < -0.39 is 22.8 Å². The number of nitrogens with zero attached hydrogens (tertiary/aromatic N) is 2. The van der Waals surface area contributed by atoms with Crippen LogP contribution in [0.1, 0.15) is 20.3 Å². The van der Waals surface area contributed by atoms with Gasteiger partial charge in [0.1, 0.15) is 6.61 Å². The summed E-state index contributed by atoms with van der Waals surface area (Å²) in [6.07, 6.45) is -0.990. The largest absolute Gasteiger partial charge is 0.396 e. The predicted molar refractivity (Wildman–Crippen MR) is 70.1 cm³/mol. The van der Waals surface area contributed by atoms with Gasteiger partial charge in [-0.25, -0.2) is 4.39 Å². The number of thiol groups is 1. The van der Waals surface area contributed by atoms with Crippen molar-refractivity contribution in [3.8, 4) is 0 Å². The Bertz CT molecular complexity index is 415. The second kappa shape index (κ2) is 7.25. The molecule has 18 heavy (non-hydrogen) atoms. The van der Waals surface area contributed by atoms with Crippen LogP contribution in [0.5, 0.6) is 0 Å². The molecule has 1 rings (SSSR count). The van der Waals surface area contributed by atoms with Crippen LogP contribution in [0.25, 0.3) is 0 Å². The fraction of sp³-hybridized carbons (Fsp3) is 0.455. The molecular formula is C11H15F3N2OS. The van der Waals surface area contributed by atoms with Crippen molar-refractivity contribution in [3.63, 3.8) is 0 Å². The van der Waals surface area contributed by atoms with Gasteiger partial charge in [0.2, 0.25) is 0 Å². The molecule has 0 aromatic rings. The van der Waals surface area contributed by atoms with Crippen molar-refractivity contribution >= 4 is 22.7 Å². The number of hydrogen-bond donors (Lipinski definition) is 1. The summed E-state index contributed by atoms with van der Waals surface area (Å²) in [7, 11) is -0.871. The summed E-state index contributed by atoms with van der Waals surface area (Å²) in [5, 5.41) is 3.73. The molecule has 102 valence electrons. The van der Waals surface area contributed by atoms with Crippen LogP contribution in [-0.2, 0) is 4.84 Å². The number of hydrogen-bond acceptors (Lipinski definition) is 3. The van der Waals surface area contributed by atoms with E-state index in [2.05, 4.69) is 10.1 Å². The molecule has 0 aliphatic carbocycles. The highest BCUT2D eigenvalue weighted by atomic mass is 32.2. The topological polar surface area (TPSA) is 34.0 Å². The van der Waals surface area contributed by atoms with Gasteiger partial charge in [-0.2, -0.15) is 19.7 Å². The fourth-order valence-corrected chi connectivity index (χ4v) is 3.21. The van der Waals surface area contributed by atoms with E-state index in [1.807, 2.05) is 0 Å². The molecule has 0 aromatic carbocycles. The summed E-state index contributed by atoms with van der Waals surface area (Å²) < 4.78 is 36.6. The highest BCUT2D eigenvalue weighted by molar-refractivity contribution is 8.32. The molecule has 1 unspecified atom stereocenters. The zero-order valence-electron chi connectivity index (χ0n) is 10.2. The van der Waals surface area contributed by atoms with Crippen molar-refractivity contribution in [2.45, 2.75) is 20.3 Å². The van der Waals surface area contributed by atoms with Gasteiger partial charge in [0.25, 0.3) is 0 Å². The number of halogens is 3. The second-order valence-corrected chi connectivity index (χ2v) is 5.58. The minimum atomic E-state index is -2.24. The van der Waals surface area contributed by atoms with Gasteiger partial charge in [-0.1, -0.05) is 5.16 Å². The SMILES string of the molecule is CCO/N=C/C1=C(C)N=C[SH]1CCC(F)=C(F)F. The molecule has 0 aromatic heterocycles. The summed E-state index contributed by atoms with van der Waals surface area (Å²) in [6.45, 7) is 4.05. The predicted octanol–water partition coefficient (Wildman–Crippen LogP) is 3.75. The zero-order chi connectivity index (χ0) is 13.5. The second-order valence-electron chi connectivity index (χ2n) is 3.48. The minimum absolute atomic E-state index is 0.278. The molecule has 1 aliphatic heterocycles. The van der Waals surface area contributed by atoms with Crippen molar-refractivity contribution in [2.75, 3.05) is 12.4 Å². The third-order valence-corrected chi connectivity index (χ3v) is 4.38. The van der Waals surface area contributed by atoms with E-state index in [0.29, 0.717) is 12.4 Å². The molecule has 0 amide bonds. The summed E-state index contributed by atoms with van der Waals surface area (Å²) >= 11 is 0. The maximum Gasteiger partial charge on any atom is 0.301 e. The van der Waals surface area contributed by atoms with E-state index in [1.54, 1.807) is 19.4 Å². The zero-order valence-corrected chi connectivity index (χ0v) is 11.1. The lowest BCUT2D eigenvalue weighted by Crippen LogP contribution is -1.95.